The van der Waals surface area contributed by atoms with Crippen molar-refractivity contribution in [3.63, 3.8) is 0 Å². The van der Waals surface area contributed by atoms with Crippen molar-refractivity contribution in [1.29, 1.82) is 0 Å². The molecule has 0 fully saturated rings. The molecule has 3 N–H and O–H groups in total. The van der Waals surface area contributed by atoms with Crippen LogP contribution in [-0.2, 0) is 14.8 Å². The minimum atomic E-state index is -3.11. The molecular weight excluding hydrogens is 318 g/mol. The molecule has 0 bridgehead atoms. The number of nitrogens with one attached hydrogen (secondary N) is 3. The van der Waals surface area contributed by atoms with E-state index >= 15 is 0 Å². The maximum Gasteiger partial charge on any atom is 0.208 e. The van der Waals surface area contributed by atoms with Crippen LogP contribution in [0.1, 0.15) is 19.8 Å². The van der Waals surface area contributed by atoms with Crippen molar-refractivity contribution in [2.75, 3.05) is 66.3 Å². The van der Waals surface area contributed by atoms with Crippen LogP contribution in [0.2, 0.25) is 0 Å². The van der Waals surface area contributed by atoms with Gasteiger partial charge >= 0.3 is 0 Å². The topological polar surface area (TPSA) is 95.1 Å². The van der Waals surface area contributed by atoms with Gasteiger partial charge in [0.2, 0.25) is 10.0 Å². The predicted molar refractivity (Wildman–Crippen MR) is 95.4 cm³/mol. The van der Waals surface area contributed by atoms with Crippen LogP contribution in [0, 0.1) is 0 Å². The van der Waals surface area contributed by atoms with Gasteiger partial charge in [-0.2, -0.15) is 0 Å². The molecule has 23 heavy (non-hydrogen) atoms. The third-order valence-corrected chi connectivity index (χ3v) is 3.72. The molecule has 0 unspecified atom stereocenters. The SMILES string of the molecule is CCNC(=NCCCNS(C)(=O)=O)NCCN(C)CCCOC. The summed E-state index contributed by atoms with van der Waals surface area (Å²) in [7, 11) is 0.683. The van der Waals surface area contributed by atoms with E-state index < -0.39 is 10.0 Å². The first kappa shape index (κ1) is 22.1. The average molecular weight is 352 g/mol. The second kappa shape index (κ2) is 13.5. The Hall–Kier alpha value is -0.900. The first-order chi connectivity index (χ1) is 10.9. The van der Waals surface area contributed by atoms with Crippen molar-refractivity contribution in [1.82, 2.24) is 20.3 Å². The van der Waals surface area contributed by atoms with Crippen LogP contribution in [0.15, 0.2) is 4.99 Å². The molecule has 138 valence electrons. The summed E-state index contributed by atoms with van der Waals surface area (Å²) < 4.78 is 29.4. The van der Waals surface area contributed by atoms with Crippen LogP contribution in [0.5, 0.6) is 0 Å². The predicted octanol–water partition coefficient (Wildman–Crippen LogP) is -0.551. The Morgan fingerprint density at radius 2 is 1.91 bits per heavy atom. The quantitative estimate of drug-likeness (QED) is 0.234. The van der Waals surface area contributed by atoms with Crippen molar-refractivity contribution in [2.45, 2.75) is 19.8 Å². The molecule has 0 aliphatic heterocycles. The number of ether oxygens (including phenoxy) is 1. The Morgan fingerprint density at radius 3 is 2.52 bits per heavy atom. The van der Waals surface area contributed by atoms with Crippen LogP contribution in [0.25, 0.3) is 0 Å². The summed E-state index contributed by atoms with van der Waals surface area (Å²) >= 11 is 0. The first-order valence-electron chi connectivity index (χ1n) is 8.03. The van der Waals surface area contributed by atoms with Gasteiger partial charge in [-0.15, -0.1) is 0 Å². The number of nitrogens with zero attached hydrogens (tertiary/aromatic N) is 2. The standard InChI is InChI=1S/C14H33N5O3S/c1-5-15-14(16-8-6-9-18-23(4,20)21)17-10-12-19(2)11-7-13-22-3/h18H,5-13H2,1-4H3,(H2,15,16,17). The van der Waals surface area contributed by atoms with E-state index in [9.17, 15) is 8.42 Å². The molecule has 0 saturated carbocycles. The average Bonchev–Trinajstić information content (AvgIpc) is 2.46. The van der Waals surface area contributed by atoms with Gasteiger partial charge in [-0.3, -0.25) is 4.99 Å². The van der Waals surface area contributed by atoms with Crippen LogP contribution >= 0.6 is 0 Å². The molecule has 0 spiro atoms. The highest BCUT2D eigenvalue weighted by atomic mass is 32.2. The molecule has 8 nitrogen and oxygen atoms in total. The van der Waals surface area contributed by atoms with E-state index in [-0.39, 0.29) is 0 Å². The number of methoxy groups -OCH3 is 1. The largest absolute Gasteiger partial charge is 0.385 e. The molecule has 0 aliphatic carbocycles. The maximum atomic E-state index is 10.9. The van der Waals surface area contributed by atoms with E-state index in [4.69, 9.17) is 4.74 Å². The molecule has 9 heteroatoms. The van der Waals surface area contributed by atoms with Gasteiger partial charge in [0, 0.05) is 53.0 Å². The number of sulfonamides is 1. The zero-order valence-corrected chi connectivity index (χ0v) is 15.7. The van der Waals surface area contributed by atoms with E-state index in [0.717, 1.165) is 51.4 Å². The third kappa shape index (κ3) is 15.8. The van der Waals surface area contributed by atoms with Gasteiger partial charge in [0.1, 0.15) is 0 Å². The molecule has 0 radical (unpaired) electrons. The van der Waals surface area contributed by atoms with Crippen molar-refractivity contribution >= 4 is 16.0 Å². The summed E-state index contributed by atoms with van der Waals surface area (Å²) in [5.41, 5.74) is 0. The molecule has 0 aliphatic rings. The van der Waals surface area contributed by atoms with Gasteiger partial charge in [0.15, 0.2) is 5.96 Å². The highest BCUT2D eigenvalue weighted by Gasteiger charge is 2.01. The van der Waals surface area contributed by atoms with E-state index in [0.29, 0.717) is 19.5 Å². The minimum absolute atomic E-state index is 0.407. The number of guanidine groups is 1. The molecular formula is C14H33N5O3S. The second-order valence-corrected chi connectivity index (χ2v) is 7.19. The fraction of sp³-hybridized carbons (Fsp3) is 0.929. The number of hydrogen-bond donors (Lipinski definition) is 3. The molecule has 0 aromatic rings. The molecule has 0 aromatic carbocycles. The third-order valence-electron chi connectivity index (χ3n) is 2.99. The Morgan fingerprint density at radius 1 is 1.17 bits per heavy atom. The van der Waals surface area contributed by atoms with Crippen LogP contribution in [0.3, 0.4) is 0 Å². The second-order valence-electron chi connectivity index (χ2n) is 5.36. The Kier molecular flexibility index (Phi) is 13.0. The van der Waals surface area contributed by atoms with Gasteiger partial charge in [-0.05, 0) is 26.8 Å². The van der Waals surface area contributed by atoms with Gasteiger partial charge in [0.05, 0.1) is 6.26 Å². The maximum absolute atomic E-state index is 10.9. The Labute approximate surface area is 141 Å². The lowest BCUT2D eigenvalue weighted by Gasteiger charge is -2.18. The summed E-state index contributed by atoms with van der Waals surface area (Å²) in [6.45, 7) is 7.28. The lowest BCUT2D eigenvalue weighted by molar-refractivity contribution is 0.180. The van der Waals surface area contributed by atoms with Gasteiger partial charge < -0.3 is 20.3 Å². The van der Waals surface area contributed by atoms with Crippen LogP contribution < -0.4 is 15.4 Å². The lowest BCUT2D eigenvalue weighted by atomic mass is 10.4. The Bertz CT molecular complexity index is 415. The monoisotopic (exact) mass is 351 g/mol. The van der Waals surface area contributed by atoms with Crippen molar-refractivity contribution < 1.29 is 13.2 Å². The molecule has 0 amide bonds. The zero-order valence-electron chi connectivity index (χ0n) is 14.9. The summed E-state index contributed by atoms with van der Waals surface area (Å²) in [5, 5.41) is 6.45. The van der Waals surface area contributed by atoms with Crippen molar-refractivity contribution in [3.05, 3.63) is 0 Å². The van der Waals surface area contributed by atoms with E-state index in [1.54, 1.807) is 7.11 Å². The van der Waals surface area contributed by atoms with Crippen molar-refractivity contribution in [2.24, 2.45) is 4.99 Å². The molecule has 0 atom stereocenters. The number of aliphatic imine (C=N–C) groups is 1. The van der Waals surface area contributed by atoms with E-state index in [1.807, 2.05) is 6.92 Å². The molecule has 0 saturated heterocycles. The lowest BCUT2D eigenvalue weighted by Crippen LogP contribution is -2.41. The van der Waals surface area contributed by atoms with Crippen LogP contribution in [-0.4, -0.2) is 85.6 Å². The highest BCUT2D eigenvalue weighted by Crippen LogP contribution is 1.87. The van der Waals surface area contributed by atoms with Gasteiger partial charge in [0.25, 0.3) is 0 Å². The first-order valence-corrected chi connectivity index (χ1v) is 9.92. The van der Waals surface area contributed by atoms with E-state index in [1.165, 1.54) is 0 Å². The highest BCUT2D eigenvalue weighted by molar-refractivity contribution is 7.88. The molecule has 0 rings (SSSR count). The number of rotatable bonds is 13. The number of hydrogen-bond acceptors (Lipinski definition) is 5. The summed E-state index contributed by atoms with van der Waals surface area (Å²) in [6.07, 6.45) is 2.85. The number of likely N-dealkylation sites (N-methyl/N-ethyl adjacent to an activating group) is 1. The minimum Gasteiger partial charge on any atom is -0.385 e. The fourth-order valence-corrected chi connectivity index (χ4v) is 2.34. The van der Waals surface area contributed by atoms with Crippen molar-refractivity contribution in [3.8, 4) is 0 Å². The molecule has 0 aromatic heterocycles. The van der Waals surface area contributed by atoms with Gasteiger partial charge in [-0.25, -0.2) is 13.1 Å². The smallest absolute Gasteiger partial charge is 0.208 e. The normalized spacial score (nSPS) is 12.7. The summed E-state index contributed by atoms with van der Waals surface area (Å²) in [5.74, 6) is 0.761. The van der Waals surface area contributed by atoms with E-state index in [2.05, 4.69) is 32.3 Å². The Balaban J connectivity index is 3.93. The summed E-state index contributed by atoms with van der Waals surface area (Å²) in [4.78, 5) is 6.67. The molecule has 0 heterocycles. The fourth-order valence-electron chi connectivity index (χ4n) is 1.83. The zero-order chi connectivity index (χ0) is 17.6. The summed E-state index contributed by atoms with van der Waals surface area (Å²) in [6, 6.07) is 0. The van der Waals surface area contributed by atoms with Gasteiger partial charge in [-0.1, -0.05) is 0 Å². The van der Waals surface area contributed by atoms with Crippen LogP contribution in [0.4, 0.5) is 0 Å².